The van der Waals surface area contributed by atoms with Crippen LogP contribution in [0.25, 0.3) is 0 Å². The van der Waals surface area contributed by atoms with Gasteiger partial charge in [0.2, 0.25) is 0 Å². The summed E-state index contributed by atoms with van der Waals surface area (Å²) in [6.07, 6.45) is 0.855. The topological polar surface area (TPSA) is 30.8 Å². The molecule has 88 valence electrons. The number of oxime groups is 1. The molecule has 0 bridgehead atoms. The van der Waals surface area contributed by atoms with Gasteiger partial charge in [-0.1, -0.05) is 5.16 Å². The molecule has 1 aromatic rings. The zero-order chi connectivity index (χ0) is 11.8. The summed E-state index contributed by atoms with van der Waals surface area (Å²) in [7, 11) is 1.53. The van der Waals surface area contributed by atoms with Crippen LogP contribution in [0.3, 0.4) is 0 Å². The van der Waals surface area contributed by atoms with Gasteiger partial charge in [0.1, 0.15) is 12.9 Å². The zero-order valence-corrected chi connectivity index (χ0v) is 10.3. The Morgan fingerprint density at radius 2 is 2.00 bits per heavy atom. The van der Waals surface area contributed by atoms with Gasteiger partial charge in [-0.3, -0.25) is 0 Å². The summed E-state index contributed by atoms with van der Waals surface area (Å²) in [4.78, 5) is 4.71. The van der Waals surface area contributed by atoms with Crippen LogP contribution in [-0.4, -0.2) is 25.3 Å². The molecule has 0 spiro atoms. The predicted molar refractivity (Wildman–Crippen MR) is 66.5 cm³/mol. The van der Waals surface area contributed by atoms with Gasteiger partial charge in [0.15, 0.2) is 0 Å². The molecular formula is C12H16ClNO2. The normalized spacial score (nSPS) is 11.3. The lowest BCUT2D eigenvalue weighted by atomic mass is 10.1. The molecule has 0 fully saturated rings. The summed E-state index contributed by atoms with van der Waals surface area (Å²) in [5.41, 5.74) is 1.86. The fourth-order valence-corrected chi connectivity index (χ4v) is 1.34. The molecule has 3 nitrogen and oxygen atoms in total. The Morgan fingerprint density at radius 1 is 1.31 bits per heavy atom. The summed E-state index contributed by atoms with van der Waals surface area (Å²) >= 11 is 5.56. The maximum atomic E-state index is 5.56. The molecular weight excluding hydrogens is 226 g/mol. The molecule has 0 saturated heterocycles. The highest BCUT2D eigenvalue weighted by atomic mass is 35.5. The molecule has 0 aliphatic rings. The Balaban J connectivity index is 2.57. The molecule has 0 amide bonds. The molecule has 0 saturated carbocycles. The number of alkyl halides is 1. The minimum absolute atomic E-state index is 0.623. The van der Waals surface area contributed by atoms with Gasteiger partial charge >= 0.3 is 0 Å². The van der Waals surface area contributed by atoms with Crippen molar-refractivity contribution in [1.82, 2.24) is 0 Å². The number of hydrogen-bond donors (Lipinski definition) is 0. The van der Waals surface area contributed by atoms with Gasteiger partial charge in [0, 0.05) is 5.88 Å². The van der Waals surface area contributed by atoms with E-state index in [1.807, 2.05) is 31.2 Å². The zero-order valence-electron chi connectivity index (χ0n) is 9.57. The largest absolute Gasteiger partial charge is 0.494 e. The van der Waals surface area contributed by atoms with Crippen molar-refractivity contribution in [3.63, 3.8) is 0 Å². The summed E-state index contributed by atoms with van der Waals surface area (Å²) in [6.45, 7) is 2.54. The third-order valence-corrected chi connectivity index (χ3v) is 2.31. The number of hydrogen-bond acceptors (Lipinski definition) is 3. The van der Waals surface area contributed by atoms with E-state index in [0.29, 0.717) is 12.5 Å². The maximum absolute atomic E-state index is 5.56. The molecule has 4 heteroatoms. The van der Waals surface area contributed by atoms with E-state index in [1.165, 1.54) is 7.11 Å². The number of benzene rings is 1. The van der Waals surface area contributed by atoms with Gasteiger partial charge in [-0.25, -0.2) is 0 Å². The van der Waals surface area contributed by atoms with Crippen molar-refractivity contribution in [1.29, 1.82) is 0 Å². The molecule has 1 aromatic carbocycles. The first-order valence-corrected chi connectivity index (χ1v) is 5.68. The van der Waals surface area contributed by atoms with Crippen LogP contribution in [0.5, 0.6) is 5.75 Å². The highest BCUT2D eigenvalue weighted by Crippen LogP contribution is 2.13. The van der Waals surface area contributed by atoms with Gasteiger partial charge in [0.25, 0.3) is 0 Å². The van der Waals surface area contributed by atoms with Crippen molar-refractivity contribution >= 4 is 17.3 Å². The summed E-state index contributed by atoms with van der Waals surface area (Å²) in [6, 6.07) is 7.73. The Bertz CT molecular complexity index is 335. The van der Waals surface area contributed by atoms with Crippen LogP contribution in [0.1, 0.15) is 18.9 Å². The van der Waals surface area contributed by atoms with E-state index in [9.17, 15) is 0 Å². The Labute approximate surface area is 101 Å². The van der Waals surface area contributed by atoms with Gasteiger partial charge < -0.3 is 9.57 Å². The van der Waals surface area contributed by atoms with Crippen molar-refractivity contribution in [2.45, 2.75) is 13.3 Å². The van der Waals surface area contributed by atoms with E-state index in [0.717, 1.165) is 23.4 Å². The lowest BCUT2D eigenvalue weighted by Gasteiger charge is -2.05. The van der Waals surface area contributed by atoms with Crippen LogP contribution in [0, 0.1) is 0 Å². The SMILES string of the molecule is CO/N=C(/C)c1ccc(OCCCCl)cc1. The van der Waals surface area contributed by atoms with Gasteiger partial charge in [0.05, 0.1) is 12.3 Å². The van der Waals surface area contributed by atoms with E-state index >= 15 is 0 Å². The molecule has 0 atom stereocenters. The number of nitrogens with zero attached hydrogens (tertiary/aromatic N) is 1. The number of ether oxygens (including phenoxy) is 1. The summed E-state index contributed by atoms with van der Waals surface area (Å²) < 4.78 is 5.49. The quantitative estimate of drug-likeness (QED) is 0.332. The molecule has 0 aromatic heterocycles. The molecule has 0 aliphatic carbocycles. The fraction of sp³-hybridized carbons (Fsp3) is 0.417. The monoisotopic (exact) mass is 241 g/mol. The van der Waals surface area contributed by atoms with Crippen molar-refractivity contribution in [2.24, 2.45) is 5.16 Å². The first kappa shape index (κ1) is 12.8. The fourth-order valence-electron chi connectivity index (χ4n) is 1.23. The van der Waals surface area contributed by atoms with Crippen molar-refractivity contribution in [3.05, 3.63) is 29.8 Å². The van der Waals surface area contributed by atoms with Crippen LogP contribution >= 0.6 is 11.6 Å². The maximum Gasteiger partial charge on any atom is 0.119 e. The van der Waals surface area contributed by atoms with Crippen LogP contribution in [-0.2, 0) is 4.84 Å². The van der Waals surface area contributed by atoms with E-state index in [1.54, 1.807) is 0 Å². The second-order valence-electron chi connectivity index (χ2n) is 3.27. The van der Waals surface area contributed by atoms with Crippen molar-refractivity contribution in [3.8, 4) is 5.75 Å². The summed E-state index contributed by atoms with van der Waals surface area (Å²) in [5.74, 6) is 1.47. The van der Waals surface area contributed by atoms with E-state index in [4.69, 9.17) is 21.2 Å². The van der Waals surface area contributed by atoms with E-state index < -0.39 is 0 Å². The second-order valence-corrected chi connectivity index (χ2v) is 3.65. The molecule has 0 radical (unpaired) electrons. The predicted octanol–water partition coefficient (Wildman–Crippen LogP) is 3.06. The van der Waals surface area contributed by atoms with Gasteiger partial charge in [-0.05, 0) is 43.2 Å². The Kier molecular flexibility index (Phi) is 5.72. The second kappa shape index (κ2) is 7.12. The number of halogens is 1. The lowest BCUT2D eigenvalue weighted by molar-refractivity contribution is 0.213. The Hall–Kier alpha value is -1.22. The average Bonchev–Trinajstić information content (AvgIpc) is 2.30. The van der Waals surface area contributed by atoms with Gasteiger partial charge in [-0.15, -0.1) is 11.6 Å². The first-order chi connectivity index (χ1) is 7.77. The molecule has 0 aliphatic heterocycles. The molecule has 0 heterocycles. The van der Waals surface area contributed by atoms with Crippen LogP contribution < -0.4 is 4.74 Å². The molecule has 0 N–H and O–H groups in total. The van der Waals surface area contributed by atoms with Crippen LogP contribution in [0.4, 0.5) is 0 Å². The highest BCUT2D eigenvalue weighted by molar-refractivity contribution is 6.17. The van der Waals surface area contributed by atoms with Crippen LogP contribution in [0.15, 0.2) is 29.4 Å². The standard InChI is InChI=1S/C12H16ClNO2/c1-10(14-15-2)11-4-6-12(7-5-11)16-9-3-8-13/h4-7H,3,8-9H2,1-2H3/b14-10-. The highest BCUT2D eigenvalue weighted by Gasteiger charge is 1.99. The first-order valence-electron chi connectivity index (χ1n) is 5.15. The average molecular weight is 242 g/mol. The molecule has 16 heavy (non-hydrogen) atoms. The third-order valence-electron chi connectivity index (χ3n) is 2.05. The van der Waals surface area contributed by atoms with E-state index in [-0.39, 0.29) is 0 Å². The Morgan fingerprint density at radius 3 is 2.56 bits per heavy atom. The van der Waals surface area contributed by atoms with E-state index in [2.05, 4.69) is 5.16 Å². The minimum Gasteiger partial charge on any atom is -0.494 e. The molecule has 1 rings (SSSR count). The number of rotatable bonds is 6. The third kappa shape index (κ3) is 4.11. The summed E-state index contributed by atoms with van der Waals surface area (Å²) in [5, 5.41) is 3.86. The molecule has 0 unspecified atom stereocenters. The van der Waals surface area contributed by atoms with Crippen molar-refractivity contribution in [2.75, 3.05) is 19.6 Å². The van der Waals surface area contributed by atoms with Crippen molar-refractivity contribution < 1.29 is 9.57 Å². The minimum atomic E-state index is 0.623. The smallest absolute Gasteiger partial charge is 0.119 e. The van der Waals surface area contributed by atoms with Crippen LogP contribution in [0.2, 0.25) is 0 Å². The van der Waals surface area contributed by atoms with Gasteiger partial charge in [-0.2, -0.15) is 0 Å². The lowest BCUT2D eigenvalue weighted by Crippen LogP contribution is -1.99.